The summed E-state index contributed by atoms with van der Waals surface area (Å²) in [6.45, 7) is -0.138. The van der Waals surface area contributed by atoms with E-state index in [0.29, 0.717) is 0 Å². The zero-order valence-electron chi connectivity index (χ0n) is 9.77. The van der Waals surface area contributed by atoms with Gasteiger partial charge in [0.25, 0.3) is 0 Å². The van der Waals surface area contributed by atoms with E-state index in [9.17, 15) is 14.0 Å². The molecule has 0 unspecified atom stereocenters. The maximum atomic E-state index is 12.8. The standard InChI is InChI=1S/C12H11Cl2FO4/c13-10(14)7-18-11(16)4-5-12(17)19-9-3-1-2-8(15)6-9/h1-3,6,10H,4-5,7H2. The molecule has 0 atom stereocenters. The normalized spacial score (nSPS) is 10.3. The number of hydrogen-bond donors (Lipinski definition) is 0. The highest BCUT2D eigenvalue weighted by Crippen LogP contribution is 2.13. The Morgan fingerprint density at radius 1 is 1.21 bits per heavy atom. The van der Waals surface area contributed by atoms with E-state index >= 15 is 0 Å². The van der Waals surface area contributed by atoms with Crippen LogP contribution in [0.1, 0.15) is 12.8 Å². The summed E-state index contributed by atoms with van der Waals surface area (Å²) in [6.07, 6.45) is -0.334. The molecule has 7 heteroatoms. The molecule has 4 nitrogen and oxygen atoms in total. The van der Waals surface area contributed by atoms with Gasteiger partial charge in [-0.3, -0.25) is 9.59 Å². The van der Waals surface area contributed by atoms with Gasteiger partial charge in [-0.05, 0) is 12.1 Å². The van der Waals surface area contributed by atoms with Gasteiger partial charge in [-0.1, -0.05) is 6.07 Å². The Morgan fingerprint density at radius 3 is 2.53 bits per heavy atom. The number of halogens is 3. The molecule has 104 valence electrons. The average Bonchev–Trinajstić information content (AvgIpc) is 2.34. The lowest BCUT2D eigenvalue weighted by Crippen LogP contribution is -2.14. The fraction of sp³-hybridized carbons (Fsp3) is 0.333. The number of ether oxygens (including phenoxy) is 2. The molecule has 1 aromatic rings. The van der Waals surface area contributed by atoms with Crippen LogP contribution in [-0.2, 0) is 14.3 Å². The summed E-state index contributed by atoms with van der Waals surface area (Å²) in [7, 11) is 0. The van der Waals surface area contributed by atoms with Gasteiger partial charge in [0.15, 0.2) is 0 Å². The Kier molecular flexibility index (Phi) is 6.59. The second-order valence-corrected chi connectivity index (χ2v) is 4.78. The first-order valence-electron chi connectivity index (χ1n) is 5.37. The van der Waals surface area contributed by atoms with E-state index in [-0.39, 0.29) is 25.2 Å². The van der Waals surface area contributed by atoms with Gasteiger partial charge in [0.1, 0.15) is 23.0 Å². The minimum Gasteiger partial charge on any atom is -0.463 e. The molecular weight excluding hydrogens is 298 g/mol. The quantitative estimate of drug-likeness (QED) is 0.461. The van der Waals surface area contributed by atoms with E-state index < -0.39 is 22.6 Å². The first kappa shape index (κ1) is 15.7. The van der Waals surface area contributed by atoms with Crippen molar-refractivity contribution in [3.8, 4) is 5.75 Å². The number of carbonyl (C=O) groups excluding carboxylic acids is 2. The zero-order valence-corrected chi connectivity index (χ0v) is 11.3. The van der Waals surface area contributed by atoms with Crippen LogP contribution in [0.15, 0.2) is 24.3 Å². The van der Waals surface area contributed by atoms with Gasteiger partial charge < -0.3 is 9.47 Å². The number of esters is 2. The summed E-state index contributed by atoms with van der Waals surface area (Å²) in [5, 5.41) is 0. The molecule has 0 aliphatic heterocycles. The largest absolute Gasteiger partial charge is 0.463 e. The SMILES string of the molecule is O=C(CCC(=O)Oc1cccc(F)c1)OCC(Cl)Cl. The van der Waals surface area contributed by atoms with Crippen molar-refractivity contribution in [3.05, 3.63) is 30.1 Å². The lowest BCUT2D eigenvalue weighted by molar-refractivity contribution is -0.146. The maximum absolute atomic E-state index is 12.8. The van der Waals surface area contributed by atoms with Crippen LogP contribution in [0, 0.1) is 5.82 Å². The summed E-state index contributed by atoms with van der Waals surface area (Å²) in [5.74, 6) is -1.70. The van der Waals surface area contributed by atoms with Gasteiger partial charge in [0.2, 0.25) is 0 Å². The molecule has 0 amide bonds. The molecule has 0 N–H and O–H groups in total. The van der Waals surface area contributed by atoms with E-state index in [1.165, 1.54) is 18.2 Å². The monoisotopic (exact) mass is 308 g/mol. The Bertz CT molecular complexity index is 451. The van der Waals surface area contributed by atoms with Crippen LogP contribution < -0.4 is 4.74 Å². The Balaban J connectivity index is 2.30. The van der Waals surface area contributed by atoms with Crippen molar-refractivity contribution < 1.29 is 23.5 Å². The number of carbonyl (C=O) groups is 2. The molecule has 1 aromatic carbocycles. The molecule has 0 aliphatic carbocycles. The third kappa shape index (κ3) is 6.98. The molecule has 0 spiro atoms. The molecule has 0 saturated carbocycles. The number of hydrogen-bond acceptors (Lipinski definition) is 4. The van der Waals surface area contributed by atoms with Crippen LogP contribution >= 0.6 is 23.2 Å². The molecule has 0 radical (unpaired) electrons. The molecule has 0 fully saturated rings. The maximum Gasteiger partial charge on any atom is 0.311 e. The highest BCUT2D eigenvalue weighted by atomic mass is 35.5. The third-order valence-corrected chi connectivity index (χ3v) is 2.18. The van der Waals surface area contributed by atoms with E-state index in [4.69, 9.17) is 27.9 Å². The number of benzene rings is 1. The first-order valence-corrected chi connectivity index (χ1v) is 6.24. The predicted octanol–water partition coefficient (Wildman–Crippen LogP) is 2.86. The average molecular weight is 309 g/mol. The van der Waals surface area contributed by atoms with Crippen molar-refractivity contribution in [2.45, 2.75) is 17.7 Å². The van der Waals surface area contributed by atoms with Crippen molar-refractivity contribution in [1.29, 1.82) is 0 Å². The molecule has 0 aliphatic rings. The topological polar surface area (TPSA) is 52.6 Å². The Labute approximate surface area is 119 Å². The molecule has 19 heavy (non-hydrogen) atoms. The van der Waals surface area contributed by atoms with Crippen molar-refractivity contribution in [2.75, 3.05) is 6.61 Å². The van der Waals surface area contributed by atoms with Crippen molar-refractivity contribution in [3.63, 3.8) is 0 Å². The van der Waals surface area contributed by atoms with Crippen molar-refractivity contribution in [2.24, 2.45) is 0 Å². The lowest BCUT2D eigenvalue weighted by Gasteiger charge is -2.05. The smallest absolute Gasteiger partial charge is 0.311 e. The first-order chi connectivity index (χ1) is 8.97. The summed E-state index contributed by atoms with van der Waals surface area (Å²) in [5.41, 5.74) is 0. The number of rotatable bonds is 6. The van der Waals surface area contributed by atoms with E-state index in [1.807, 2.05) is 0 Å². The minimum absolute atomic E-state index is 0.0833. The fourth-order valence-corrected chi connectivity index (χ4v) is 1.27. The minimum atomic E-state index is -0.803. The van der Waals surface area contributed by atoms with Gasteiger partial charge in [-0.2, -0.15) is 0 Å². The Hall–Kier alpha value is -1.33. The van der Waals surface area contributed by atoms with Gasteiger partial charge in [0, 0.05) is 6.07 Å². The second-order valence-electron chi connectivity index (χ2n) is 3.51. The number of alkyl halides is 2. The van der Waals surface area contributed by atoms with Crippen LogP contribution in [0.4, 0.5) is 4.39 Å². The van der Waals surface area contributed by atoms with Crippen LogP contribution in [0.3, 0.4) is 0 Å². The van der Waals surface area contributed by atoms with Crippen LogP contribution in [0.2, 0.25) is 0 Å². The second kappa shape index (κ2) is 7.96. The molecule has 0 bridgehead atoms. The van der Waals surface area contributed by atoms with Crippen molar-refractivity contribution in [1.82, 2.24) is 0 Å². The molecule has 0 saturated heterocycles. The summed E-state index contributed by atoms with van der Waals surface area (Å²) in [4.78, 5) is 21.7. The Morgan fingerprint density at radius 2 is 1.89 bits per heavy atom. The van der Waals surface area contributed by atoms with Gasteiger partial charge in [0.05, 0.1) is 12.8 Å². The molecule has 0 aromatic heterocycles. The van der Waals surface area contributed by atoms with Gasteiger partial charge in [-0.15, -0.1) is 23.2 Å². The molecule has 0 heterocycles. The van der Waals surface area contributed by atoms with E-state index in [2.05, 4.69) is 4.74 Å². The molecular formula is C12H11Cl2FO4. The van der Waals surface area contributed by atoms with Crippen LogP contribution in [0.25, 0.3) is 0 Å². The summed E-state index contributed by atoms with van der Waals surface area (Å²) >= 11 is 10.7. The fourth-order valence-electron chi connectivity index (χ4n) is 1.15. The highest BCUT2D eigenvalue weighted by Gasteiger charge is 2.11. The van der Waals surface area contributed by atoms with Crippen LogP contribution in [0.5, 0.6) is 5.75 Å². The van der Waals surface area contributed by atoms with Crippen molar-refractivity contribution >= 4 is 35.1 Å². The summed E-state index contributed by atoms with van der Waals surface area (Å²) in [6, 6.07) is 5.14. The van der Waals surface area contributed by atoms with Gasteiger partial charge >= 0.3 is 11.9 Å². The highest BCUT2D eigenvalue weighted by molar-refractivity contribution is 6.44. The summed E-state index contributed by atoms with van der Waals surface area (Å²) < 4.78 is 22.3. The molecule has 1 rings (SSSR count). The lowest BCUT2D eigenvalue weighted by atomic mass is 10.3. The van der Waals surface area contributed by atoms with Gasteiger partial charge in [-0.25, -0.2) is 4.39 Å². The van der Waals surface area contributed by atoms with Crippen LogP contribution in [-0.4, -0.2) is 23.4 Å². The van der Waals surface area contributed by atoms with E-state index in [1.54, 1.807) is 0 Å². The predicted molar refractivity (Wildman–Crippen MR) is 67.7 cm³/mol. The third-order valence-electron chi connectivity index (χ3n) is 1.93. The van der Waals surface area contributed by atoms with E-state index in [0.717, 1.165) is 6.07 Å². The zero-order chi connectivity index (χ0) is 14.3.